The predicted molar refractivity (Wildman–Crippen MR) is 87.9 cm³/mol. The molecule has 5 N–H and O–H groups in total. The van der Waals surface area contributed by atoms with Gasteiger partial charge in [-0.25, -0.2) is 4.79 Å². The molecule has 0 bridgehead atoms. The van der Waals surface area contributed by atoms with Crippen molar-refractivity contribution in [3.8, 4) is 23.0 Å². The minimum absolute atomic E-state index is 0.198. The van der Waals surface area contributed by atoms with Gasteiger partial charge in [0.25, 0.3) is 0 Å². The topological polar surface area (TPSA) is 113 Å². The van der Waals surface area contributed by atoms with Crippen LogP contribution in [0.1, 0.15) is 18.1 Å². The summed E-state index contributed by atoms with van der Waals surface area (Å²) < 4.78 is 0. The highest BCUT2D eigenvalue weighted by atomic mass is 16.3. The summed E-state index contributed by atoms with van der Waals surface area (Å²) in [7, 11) is 0. The maximum absolute atomic E-state index is 12.2. The number of carbonyl (C=O) groups is 1. The molecule has 2 rings (SSSR count). The molecule has 0 aliphatic heterocycles. The fourth-order valence-electron chi connectivity index (χ4n) is 2.18. The van der Waals surface area contributed by atoms with Crippen LogP contribution in [0.5, 0.6) is 23.0 Å². The van der Waals surface area contributed by atoms with Crippen molar-refractivity contribution < 1.29 is 25.2 Å². The van der Waals surface area contributed by atoms with Crippen LogP contribution in [-0.2, 0) is 13.1 Å². The summed E-state index contributed by atoms with van der Waals surface area (Å²) in [4.78, 5) is 13.8. The molecular formula is C17H20N2O5. The summed E-state index contributed by atoms with van der Waals surface area (Å²) in [6, 6.07) is 8.43. The first-order chi connectivity index (χ1) is 11.4. The maximum atomic E-state index is 12.2. The van der Waals surface area contributed by atoms with Crippen molar-refractivity contribution in [2.24, 2.45) is 0 Å². The van der Waals surface area contributed by atoms with Crippen LogP contribution in [0.3, 0.4) is 0 Å². The molecule has 0 fully saturated rings. The van der Waals surface area contributed by atoms with E-state index in [0.717, 1.165) is 0 Å². The Morgan fingerprint density at radius 1 is 0.917 bits per heavy atom. The highest BCUT2D eigenvalue weighted by Crippen LogP contribution is 2.26. The van der Waals surface area contributed by atoms with E-state index in [2.05, 4.69) is 5.32 Å². The second-order valence-corrected chi connectivity index (χ2v) is 5.32. The van der Waals surface area contributed by atoms with Crippen LogP contribution in [0.4, 0.5) is 4.79 Å². The summed E-state index contributed by atoms with van der Waals surface area (Å²) in [5.74, 6) is -0.900. The van der Waals surface area contributed by atoms with Crippen molar-refractivity contribution in [1.29, 1.82) is 0 Å². The van der Waals surface area contributed by atoms with Crippen LogP contribution in [0.15, 0.2) is 36.4 Å². The van der Waals surface area contributed by atoms with Crippen LogP contribution in [0, 0.1) is 0 Å². The van der Waals surface area contributed by atoms with Gasteiger partial charge < -0.3 is 30.6 Å². The molecule has 2 aromatic rings. The number of carbonyl (C=O) groups excluding carboxylic acids is 1. The predicted octanol–water partition coefficient (Wildman–Crippen LogP) is 2.24. The number of phenolic OH excluding ortho intramolecular Hbond substituents is 4. The van der Waals surface area contributed by atoms with E-state index in [1.165, 1.54) is 29.2 Å². The maximum Gasteiger partial charge on any atom is 0.317 e. The lowest BCUT2D eigenvalue weighted by atomic mass is 10.2. The van der Waals surface area contributed by atoms with Gasteiger partial charge in [0.1, 0.15) is 0 Å². The Labute approximate surface area is 139 Å². The minimum atomic E-state index is -0.308. The number of hydrogen-bond acceptors (Lipinski definition) is 5. The lowest BCUT2D eigenvalue weighted by molar-refractivity contribution is 0.197. The summed E-state index contributed by atoms with van der Waals surface area (Å²) in [5.41, 5.74) is 1.33. The zero-order chi connectivity index (χ0) is 17.7. The molecule has 0 unspecified atom stereocenters. The first kappa shape index (κ1) is 17.3. The first-order valence-corrected chi connectivity index (χ1v) is 7.45. The lowest BCUT2D eigenvalue weighted by Crippen LogP contribution is -2.39. The van der Waals surface area contributed by atoms with Crippen molar-refractivity contribution in [2.75, 3.05) is 6.54 Å². The molecule has 2 aromatic carbocycles. The Morgan fingerprint density at radius 2 is 1.46 bits per heavy atom. The number of urea groups is 1. The van der Waals surface area contributed by atoms with Crippen LogP contribution < -0.4 is 5.32 Å². The third-order valence-electron chi connectivity index (χ3n) is 3.57. The number of phenols is 4. The van der Waals surface area contributed by atoms with Gasteiger partial charge in [0.2, 0.25) is 0 Å². The molecular weight excluding hydrogens is 312 g/mol. The van der Waals surface area contributed by atoms with Gasteiger partial charge in [-0.05, 0) is 42.3 Å². The average Bonchev–Trinajstić information content (AvgIpc) is 2.56. The first-order valence-electron chi connectivity index (χ1n) is 7.45. The van der Waals surface area contributed by atoms with Gasteiger partial charge >= 0.3 is 6.03 Å². The van der Waals surface area contributed by atoms with Gasteiger partial charge in [-0.15, -0.1) is 0 Å². The summed E-state index contributed by atoms with van der Waals surface area (Å²) in [5, 5.41) is 40.3. The number of amides is 2. The van der Waals surface area contributed by atoms with Gasteiger partial charge in [0.05, 0.1) is 0 Å². The number of nitrogens with one attached hydrogen (secondary N) is 1. The fourth-order valence-corrected chi connectivity index (χ4v) is 2.18. The molecule has 0 atom stereocenters. The van der Waals surface area contributed by atoms with Crippen molar-refractivity contribution in [3.05, 3.63) is 47.5 Å². The van der Waals surface area contributed by atoms with Gasteiger partial charge in [-0.3, -0.25) is 0 Å². The third-order valence-corrected chi connectivity index (χ3v) is 3.57. The minimum Gasteiger partial charge on any atom is -0.504 e. The number of rotatable bonds is 5. The van der Waals surface area contributed by atoms with Gasteiger partial charge in [-0.2, -0.15) is 0 Å². The lowest BCUT2D eigenvalue weighted by Gasteiger charge is -2.21. The third kappa shape index (κ3) is 4.22. The normalized spacial score (nSPS) is 10.4. The second-order valence-electron chi connectivity index (χ2n) is 5.32. The molecule has 2 amide bonds. The monoisotopic (exact) mass is 332 g/mol. The van der Waals surface area contributed by atoms with Gasteiger partial charge in [0, 0.05) is 19.6 Å². The molecule has 0 heterocycles. The molecule has 128 valence electrons. The zero-order valence-corrected chi connectivity index (χ0v) is 13.2. The Balaban J connectivity index is 1.97. The standard InChI is InChI=1S/C17H20N2O5/c1-2-19(10-12-4-6-14(21)16(23)8-12)17(24)18-9-11-3-5-13(20)15(22)7-11/h3-8,20-23H,2,9-10H2,1H3,(H,18,24). The molecule has 7 nitrogen and oxygen atoms in total. The van der Waals surface area contributed by atoms with Crippen LogP contribution in [0.2, 0.25) is 0 Å². The summed E-state index contributed by atoms with van der Waals surface area (Å²) in [6.07, 6.45) is 0. The van der Waals surface area contributed by atoms with Crippen molar-refractivity contribution in [2.45, 2.75) is 20.0 Å². The van der Waals surface area contributed by atoms with E-state index >= 15 is 0 Å². The largest absolute Gasteiger partial charge is 0.504 e. The fraction of sp³-hybridized carbons (Fsp3) is 0.235. The number of nitrogens with zero attached hydrogens (tertiary/aromatic N) is 1. The van der Waals surface area contributed by atoms with Crippen LogP contribution in [0.25, 0.3) is 0 Å². The molecule has 0 spiro atoms. The quantitative estimate of drug-likeness (QED) is 0.539. The SMILES string of the molecule is CCN(Cc1ccc(O)c(O)c1)C(=O)NCc1ccc(O)c(O)c1. The van der Waals surface area contributed by atoms with E-state index in [4.69, 9.17) is 0 Å². The number of benzene rings is 2. The Bertz CT molecular complexity index is 733. The van der Waals surface area contributed by atoms with Crippen LogP contribution in [-0.4, -0.2) is 37.9 Å². The van der Waals surface area contributed by atoms with Gasteiger partial charge in [-0.1, -0.05) is 12.1 Å². The number of aromatic hydroxyl groups is 4. The molecule has 24 heavy (non-hydrogen) atoms. The molecule has 0 saturated heterocycles. The number of hydrogen-bond donors (Lipinski definition) is 5. The highest BCUT2D eigenvalue weighted by molar-refractivity contribution is 5.74. The zero-order valence-electron chi connectivity index (χ0n) is 13.2. The smallest absolute Gasteiger partial charge is 0.317 e. The van der Waals surface area contributed by atoms with Crippen molar-refractivity contribution in [3.63, 3.8) is 0 Å². The van der Waals surface area contributed by atoms with Crippen molar-refractivity contribution in [1.82, 2.24) is 10.2 Å². The molecule has 0 radical (unpaired) electrons. The summed E-state index contributed by atoms with van der Waals surface area (Å²) in [6.45, 7) is 2.75. The molecule has 7 heteroatoms. The highest BCUT2D eigenvalue weighted by Gasteiger charge is 2.13. The molecule has 0 aliphatic carbocycles. The van der Waals surface area contributed by atoms with E-state index in [0.29, 0.717) is 17.7 Å². The molecule has 0 saturated carbocycles. The Hall–Kier alpha value is -3.09. The van der Waals surface area contributed by atoms with E-state index in [1.54, 1.807) is 12.1 Å². The summed E-state index contributed by atoms with van der Waals surface area (Å²) >= 11 is 0. The molecule has 0 aromatic heterocycles. The average molecular weight is 332 g/mol. The second kappa shape index (κ2) is 7.45. The van der Waals surface area contributed by atoms with E-state index in [9.17, 15) is 25.2 Å². The molecule has 0 aliphatic rings. The van der Waals surface area contributed by atoms with E-state index < -0.39 is 0 Å². The Morgan fingerprint density at radius 3 is 2.00 bits per heavy atom. The van der Waals surface area contributed by atoms with E-state index in [-0.39, 0.29) is 42.1 Å². The Kier molecular flexibility index (Phi) is 5.36. The van der Waals surface area contributed by atoms with E-state index in [1.807, 2.05) is 6.92 Å². The van der Waals surface area contributed by atoms with Gasteiger partial charge in [0.15, 0.2) is 23.0 Å². The van der Waals surface area contributed by atoms with Crippen LogP contribution >= 0.6 is 0 Å². The van der Waals surface area contributed by atoms with Crippen molar-refractivity contribution >= 4 is 6.03 Å².